The lowest BCUT2D eigenvalue weighted by atomic mass is 10.2. The maximum Gasteiger partial charge on any atom is 0.433 e. The topological polar surface area (TPSA) is 68.0 Å². The van der Waals surface area contributed by atoms with E-state index in [9.17, 15) is 18.0 Å². The van der Waals surface area contributed by atoms with Crippen LogP contribution in [0.1, 0.15) is 16.1 Å². The fraction of sp³-hybridized carbons (Fsp3) is 0.0769. The highest BCUT2D eigenvalue weighted by molar-refractivity contribution is 6.36. The van der Waals surface area contributed by atoms with Gasteiger partial charge in [0, 0.05) is 0 Å². The molecule has 2 rings (SSSR count). The molecule has 0 radical (unpaired) electrons. The average Bonchev–Trinajstić information content (AvgIpc) is 2.41. The first-order valence-electron chi connectivity index (χ1n) is 5.67. The maximum absolute atomic E-state index is 12.4. The number of halogens is 4. The van der Waals surface area contributed by atoms with Gasteiger partial charge in [0.15, 0.2) is 0 Å². The summed E-state index contributed by atoms with van der Waals surface area (Å²) in [7, 11) is 0. The van der Waals surface area contributed by atoms with Crippen molar-refractivity contribution >= 4 is 28.9 Å². The zero-order valence-electron chi connectivity index (χ0n) is 10.4. The van der Waals surface area contributed by atoms with Crippen molar-refractivity contribution in [2.45, 2.75) is 6.18 Å². The van der Waals surface area contributed by atoms with E-state index in [-0.39, 0.29) is 22.0 Å². The van der Waals surface area contributed by atoms with E-state index < -0.39 is 17.8 Å². The molecule has 0 fully saturated rings. The fourth-order valence-electron chi connectivity index (χ4n) is 1.56. The monoisotopic (exact) mass is 315 g/mol. The predicted octanol–water partition coefficient (Wildman–Crippen LogP) is 3.59. The normalized spacial score (nSPS) is 11.2. The largest absolute Gasteiger partial charge is 0.433 e. The standard InChI is InChI=1S/C13H9ClF3N3O/c14-11-8(2-1-3-9(11)18)12(21)20-7-4-5-10(19-6-7)13(15,16)17/h1-6H,18H2,(H,20,21). The quantitative estimate of drug-likeness (QED) is 0.832. The molecule has 8 heteroatoms. The number of carbonyl (C=O) groups is 1. The molecule has 1 aromatic heterocycles. The van der Waals surface area contributed by atoms with Gasteiger partial charge in [-0.15, -0.1) is 0 Å². The number of pyridine rings is 1. The minimum absolute atomic E-state index is 0.0786. The third-order valence-electron chi connectivity index (χ3n) is 2.59. The zero-order valence-corrected chi connectivity index (χ0v) is 11.2. The van der Waals surface area contributed by atoms with Crippen LogP contribution in [0, 0.1) is 0 Å². The Bertz CT molecular complexity index is 671. The second kappa shape index (κ2) is 5.61. The van der Waals surface area contributed by atoms with Crippen molar-refractivity contribution in [3.63, 3.8) is 0 Å². The SMILES string of the molecule is Nc1cccc(C(=O)Nc2ccc(C(F)(F)F)nc2)c1Cl. The first kappa shape index (κ1) is 15.1. The van der Waals surface area contributed by atoms with Crippen molar-refractivity contribution in [3.8, 4) is 0 Å². The second-order valence-corrected chi connectivity index (χ2v) is 4.47. The number of nitrogens with one attached hydrogen (secondary N) is 1. The van der Waals surface area contributed by atoms with Crippen LogP contribution in [0.5, 0.6) is 0 Å². The molecule has 0 unspecified atom stereocenters. The molecule has 1 amide bonds. The van der Waals surface area contributed by atoms with Crippen LogP contribution in [0.3, 0.4) is 0 Å². The first-order valence-corrected chi connectivity index (χ1v) is 6.05. The van der Waals surface area contributed by atoms with Gasteiger partial charge in [0.05, 0.1) is 28.2 Å². The fourth-order valence-corrected chi connectivity index (χ4v) is 1.77. The van der Waals surface area contributed by atoms with Crippen LogP contribution in [-0.2, 0) is 6.18 Å². The lowest BCUT2D eigenvalue weighted by Crippen LogP contribution is -2.14. The Morgan fingerprint density at radius 1 is 1.24 bits per heavy atom. The van der Waals surface area contributed by atoms with Gasteiger partial charge in [-0.2, -0.15) is 13.2 Å². The second-order valence-electron chi connectivity index (χ2n) is 4.09. The number of alkyl halides is 3. The summed E-state index contributed by atoms with van der Waals surface area (Å²) < 4.78 is 37.1. The van der Waals surface area contributed by atoms with Gasteiger partial charge in [0.1, 0.15) is 5.69 Å². The maximum atomic E-state index is 12.4. The van der Waals surface area contributed by atoms with Gasteiger partial charge < -0.3 is 11.1 Å². The molecule has 0 aliphatic heterocycles. The first-order chi connectivity index (χ1) is 9.79. The molecule has 0 aliphatic rings. The van der Waals surface area contributed by atoms with Crippen LogP contribution < -0.4 is 11.1 Å². The van der Waals surface area contributed by atoms with Crippen molar-refractivity contribution in [1.82, 2.24) is 4.98 Å². The molecule has 0 atom stereocenters. The van der Waals surface area contributed by atoms with E-state index in [4.69, 9.17) is 17.3 Å². The number of nitrogens with zero attached hydrogens (tertiary/aromatic N) is 1. The van der Waals surface area contributed by atoms with E-state index >= 15 is 0 Å². The molecule has 1 aromatic carbocycles. The van der Waals surface area contributed by atoms with Crippen LogP contribution in [0.15, 0.2) is 36.5 Å². The van der Waals surface area contributed by atoms with Crippen LogP contribution in [0.25, 0.3) is 0 Å². The van der Waals surface area contributed by atoms with E-state index in [0.29, 0.717) is 0 Å². The molecule has 110 valence electrons. The number of aromatic nitrogens is 1. The van der Waals surface area contributed by atoms with Crippen LogP contribution >= 0.6 is 11.6 Å². The summed E-state index contributed by atoms with van der Waals surface area (Å²) in [6.45, 7) is 0. The Morgan fingerprint density at radius 2 is 1.95 bits per heavy atom. The molecule has 0 aliphatic carbocycles. The van der Waals surface area contributed by atoms with Gasteiger partial charge in [-0.1, -0.05) is 17.7 Å². The summed E-state index contributed by atoms with van der Waals surface area (Å²) in [6, 6.07) is 6.40. The van der Waals surface area contributed by atoms with Crippen molar-refractivity contribution in [2.75, 3.05) is 11.1 Å². The minimum atomic E-state index is -4.53. The predicted molar refractivity (Wildman–Crippen MR) is 73.1 cm³/mol. The van der Waals surface area contributed by atoms with Gasteiger partial charge >= 0.3 is 6.18 Å². The third kappa shape index (κ3) is 3.43. The third-order valence-corrected chi connectivity index (χ3v) is 3.01. The molecule has 21 heavy (non-hydrogen) atoms. The van der Waals surface area contributed by atoms with E-state index in [2.05, 4.69) is 10.3 Å². The minimum Gasteiger partial charge on any atom is -0.398 e. The molecule has 0 saturated heterocycles. The van der Waals surface area contributed by atoms with Crippen molar-refractivity contribution in [1.29, 1.82) is 0 Å². The smallest absolute Gasteiger partial charge is 0.398 e. The molecule has 0 bridgehead atoms. The highest BCUT2D eigenvalue weighted by Gasteiger charge is 2.32. The molecule has 1 heterocycles. The highest BCUT2D eigenvalue weighted by atomic mass is 35.5. The van der Waals surface area contributed by atoms with Gasteiger partial charge in [-0.05, 0) is 24.3 Å². The Balaban J connectivity index is 2.18. The van der Waals surface area contributed by atoms with Gasteiger partial charge in [0.25, 0.3) is 5.91 Å². The highest BCUT2D eigenvalue weighted by Crippen LogP contribution is 2.28. The average molecular weight is 316 g/mol. The summed E-state index contributed by atoms with van der Waals surface area (Å²) in [5.41, 5.74) is 5.00. The molecule has 4 nitrogen and oxygen atoms in total. The number of nitrogen functional groups attached to an aromatic ring is 1. The molecular weight excluding hydrogens is 307 g/mol. The number of hydrogen-bond acceptors (Lipinski definition) is 3. The molecule has 0 spiro atoms. The van der Waals surface area contributed by atoms with Crippen LogP contribution in [-0.4, -0.2) is 10.9 Å². The van der Waals surface area contributed by atoms with Gasteiger partial charge in [-0.3, -0.25) is 4.79 Å². The van der Waals surface area contributed by atoms with E-state index in [0.717, 1.165) is 18.3 Å². The van der Waals surface area contributed by atoms with Crippen molar-refractivity contribution in [2.24, 2.45) is 0 Å². The number of carbonyl (C=O) groups excluding carboxylic acids is 1. The lowest BCUT2D eigenvalue weighted by Gasteiger charge is -2.09. The Kier molecular flexibility index (Phi) is 4.04. The van der Waals surface area contributed by atoms with Crippen molar-refractivity contribution < 1.29 is 18.0 Å². The Labute approximate surface area is 122 Å². The van der Waals surface area contributed by atoms with E-state index in [1.807, 2.05) is 0 Å². The molecular formula is C13H9ClF3N3O. The Morgan fingerprint density at radius 3 is 2.52 bits per heavy atom. The molecule has 0 saturated carbocycles. The summed E-state index contributed by atoms with van der Waals surface area (Å²) in [5, 5.41) is 2.47. The summed E-state index contributed by atoms with van der Waals surface area (Å²) in [5.74, 6) is -0.589. The molecule has 2 aromatic rings. The molecule has 3 N–H and O–H groups in total. The number of nitrogens with two attached hydrogens (primary N) is 1. The number of hydrogen-bond donors (Lipinski definition) is 2. The van der Waals surface area contributed by atoms with Crippen molar-refractivity contribution in [3.05, 3.63) is 52.8 Å². The number of rotatable bonds is 2. The zero-order chi connectivity index (χ0) is 15.6. The number of benzene rings is 1. The number of anilines is 2. The van der Waals surface area contributed by atoms with E-state index in [1.165, 1.54) is 12.1 Å². The van der Waals surface area contributed by atoms with Gasteiger partial charge in [0.2, 0.25) is 0 Å². The summed E-state index contributed by atoms with van der Waals surface area (Å²) in [6.07, 6.45) is -3.61. The van der Waals surface area contributed by atoms with Crippen LogP contribution in [0.4, 0.5) is 24.5 Å². The van der Waals surface area contributed by atoms with Crippen LogP contribution in [0.2, 0.25) is 5.02 Å². The Hall–Kier alpha value is -2.28. The summed E-state index contributed by atoms with van der Waals surface area (Å²) in [4.78, 5) is 15.2. The lowest BCUT2D eigenvalue weighted by molar-refractivity contribution is -0.141. The van der Waals surface area contributed by atoms with E-state index in [1.54, 1.807) is 6.07 Å². The number of amides is 1. The summed E-state index contributed by atoms with van der Waals surface area (Å²) >= 11 is 5.89. The van der Waals surface area contributed by atoms with Gasteiger partial charge in [-0.25, -0.2) is 4.98 Å².